The number of methoxy groups -OCH3 is 1. The molecule has 1 heterocycles. The molecule has 0 atom stereocenters. The molecule has 3 N–H and O–H groups in total. The molecule has 8 nitrogen and oxygen atoms in total. The molecule has 1 amide bonds. The number of rotatable bonds is 6. The molecule has 0 radical (unpaired) electrons. The smallest absolute Gasteiger partial charge is 0.333 e. The molecule has 0 spiro atoms. The van der Waals surface area contributed by atoms with Gasteiger partial charge in [0.2, 0.25) is 5.91 Å². The van der Waals surface area contributed by atoms with E-state index in [2.05, 4.69) is 5.32 Å². The van der Waals surface area contributed by atoms with Crippen LogP contribution in [-0.2, 0) is 22.6 Å². The molecule has 9 heteroatoms. The Bertz CT molecular complexity index is 904. The van der Waals surface area contributed by atoms with Crippen molar-refractivity contribution in [3.8, 4) is 0 Å². The van der Waals surface area contributed by atoms with Crippen molar-refractivity contribution < 1.29 is 9.53 Å². The minimum absolute atomic E-state index is 0.0188. The summed E-state index contributed by atoms with van der Waals surface area (Å²) in [6, 6.07) is 6.24. The molecule has 0 saturated carbocycles. The molecule has 0 bridgehead atoms. The van der Waals surface area contributed by atoms with E-state index in [1.165, 1.54) is 11.7 Å². The molecule has 0 fully saturated rings. The van der Waals surface area contributed by atoms with Gasteiger partial charge in [0.05, 0.1) is 23.9 Å². The number of nitrogen functional groups attached to an aromatic ring is 1. The fraction of sp³-hybridized carbons (Fsp3) is 0.312. The molecule has 2 aromatic rings. The summed E-state index contributed by atoms with van der Waals surface area (Å²) in [6.45, 7) is 1.84. The Balaban J connectivity index is 2.25. The largest absolute Gasteiger partial charge is 0.385 e. The zero-order chi connectivity index (χ0) is 18.6. The third kappa shape index (κ3) is 4.49. The van der Waals surface area contributed by atoms with Gasteiger partial charge in [-0.05, 0) is 24.6 Å². The van der Waals surface area contributed by atoms with E-state index in [9.17, 15) is 14.4 Å². The zero-order valence-corrected chi connectivity index (χ0v) is 14.7. The number of nitrogens with one attached hydrogen (secondary N) is 1. The molecule has 134 valence electrons. The van der Waals surface area contributed by atoms with E-state index in [0.717, 1.165) is 16.2 Å². The summed E-state index contributed by atoms with van der Waals surface area (Å²) < 4.78 is 6.90. The highest BCUT2D eigenvalue weighted by molar-refractivity contribution is 6.33. The minimum Gasteiger partial charge on any atom is -0.385 e. The highest BCUT2D eigenvalue weighted by Crippen LogP contribution is 2.22. The lowest BCUT2D eigenvalue weighted by molar-refractivity contribution is -0.116. The fourth-order valence-electron chi connectivity index (χ4n) is 2.24. The molecule has 25 heavy (non-hydrogen) atoms. The molecular formula is C16H19ClN4O4. The Labute approximate surface area is 148 Å². The fourth-order valence-corrected chi connectivity index (χ4v) is 2.52. The molecule has 2 rings (SSSR count). The number of hydrogen-bond acceptors (Lipinski definition) is 5. The van der Waals surface area contributed by atoms with Gasteiger partial charge in [-0.1, -0.05) is 17.7 Å². The van der Waals surface area contributed by atoms with Crippen LogP contribution in [0.25, 0.3) is 0 Å². The van der Waals surface area contributed by atoms with Crippen LogP contribution in [0.15, 0.2) is 33.9 Å². The second kappa shape index (κ2) is 8.00. The monoisotopic (exact) mass is 366 g/mol. The van der Waals surface area contributed by atoms with Crippen molar-refractivity contribution in [1.29, 1.82) is 0 Å². The van der Waals surface area contributed by atoms with E-state index in [1.54, 1.807) is 18.2 Å². The van der Waals surface area contributed by atoms with Crippen molar-refractivity contribution in [2.75, 3.05) is 24.8 Å². The first-order valence-corrected chi connectivity index (χ1v) is 7.86. The third-order valence-electron chi connectivity index (χ3n) is 3.53. The maximum atomic E-state index is 12.4. The van der Waals surface area contributed by atoms with Crippen LogP contribution >= 0.6 is 11.6 Å². The lowest BCUT2D eigenvalue weighted by Gasteiger charge is -2.13. The average molecular weight is 367 g/mol. The Morgan fingerprint density at radius 2 is 2.00 bits per heavy atom. The highest BCUT2D eigenvalue weighted by atomic mass is 35.5. The number of nitrogens with zero attached hydrogens (tertiary/aromatic N) is 2. The van der Waals surface area contributed by atoms with Gasteiger partial charge in [0.25, 0.3) is 5.56 Å². The maximum Gasteiger partial charge on any atom is 0.333 e. The van der Waals surface area contributed by atoms with Crippen molar-refractivity contribution in [1.82, 2.24) is 9.13 Å². The van der Waals surface area contributed by atoms with Gasteiger partial charge in [-0.15, -0.1) is 0 Å². The number of carbonyl (C=O) groups is 1. The van der Waals surface area contributed by atoms with Crippen LogP contribution in [0, 0.1) is 6.92 Å². The predicted octanol–water partition coefficient (Wildman–Crippen LogP) is 0.839. The van der Waals surface area contributed by atoms with Crippen LogP contribution in [-0.4, -0.2) is 28.8 Å². The number of halogens is 1. The number of aromatic nitrogens is 2. The van der Waals surface area contributed by atoms with Crippen LogP contribution in [0.5, 0.6) is 0 Å². The van der Waals surface area contributed by atoms with Crippen molar-refractivity contribution >= 4 is 29.0 Å². The first-order chi connectivity index (χ1) is 11.8. The Kier molecular flexibility index (Phi) is 6.00. The van der Waals surface area contributed by atoms with Crippen LogP contribution in [0.4, 0.5) is 11.5 Å². The second-order valence-electron chi connectivity index (χ2n) is 5.45. The number of nitrogens with two attached hydrogens (primary N) is 1. The summed E-state index contributed by atoms with van der Waals surface area (Å²) in [4.78, 5) is 36.6. The standard InChI is InChI=1S/C16H19ClN4O4/c1-10-3-4-12(11(17)7-10)19-14(22)9-21-15(23)8-13(18)20(16(21)24)5-6-25-2/h3-4,7-8H,5-6,9,18H2,1-2H3,(H,19,22). The molecule has 0 aliphatic rings. The number of benzene rings is 1. The average Bonchev–Trinajstić information content (AvgIpc) is 2.54. The molecule has 0 aliphatic heterocycles. The van der Waals surface area contributed by atoms with E-state index < -0.39 is 23.7 Å². The van der Waals surface area contributed by atoms with Gasteiger partial charge in [-0.25, -0.2) is 4.79 Å². The molecule has 0 aliphatic carbocycles. The predicted molar refractivity (Wildman–Crippen MR) is 96.1 cm³/mol. The number of anilines is 2. The summed E-state index contributed by atoms with van der Waals surface area (Å²) in [5.41, 5.74) is 5.72. The number of hydrogen-bond donors (Lipinski definition) is 2. The van der Waals surface area contributed by atoms with Gasteiger partial charge in [0.15, 0.2) is 0 Å². The van der Waals surface area contributed by atoms with E-state index in [1.807, 2.05) is 6.92 Å². The van der Waals surface area contributed by atoms with Crippen LogP contribution in [0.2, 0.25) is 5.02 Å². The third-order valence-corrected chi connectivity index (χ3v) is 3.84. The van der Waals surface area contributed by atoms with E-state index in [0.29, 0.717) is 10.7 Å². The molecule has 1 aromatic carbocycles. The van der Waals surface area contributed by atoms with Crippen molar-refractivity contribution in [3.63, 3.8) is 0 Å². The van der Waals surface area contributed by atoms with Gasteiger partial charge in [0.1, 0.15) is 12.4 Å². The summed E-state index contributed by atoms with van der Waals surface area (Å²) in [5.74, 6) is -0.529. The van der Waals surface area contributed by atoms with Gasteiger partial charge < -0.3 is 15.8 Å². The molecular weight excluding hydrogens is 348 g/mol. The van der Waals surface area contributed by atoms with E-state index in [4.69, 9.17) is 22.1 Å². The van der Waals surface area contributed by atoms with Crippen LogP contribution in [0.1, 0.15) is 5.56 Å². The maximum absolute atomic E-state index is 12.4. The SMILES string of the molecule is COCCn1c(N)cc(=O)n(CC(=O)Nc2ccc(C)cc2Cl)c1=O. The first-order valence-electron chi connectivity index (χ1n) is 7.48. The van der Waals surface area contributed by atoms with Crippen LogP contribution in [0.3, 0.4) is 0 Å². The Morgan fingerprint density at radius 1 is 1.28 bits per heavy atom. The van der Waals surface area contributed by atoms with Gasteiger partial charge in [0, 0.05) is 13.2 Å². The summed E-state index contributed by atoms with van der Waals surface area (Å²) in [5, 5.41) is 2.95. The lowest BCUT2D eigenvalue weighted by Crippen LogP contribution is -2.43. The molecule has 1 aromatic heterocycles. The van der Waals surface area contributed by atoms with Crippen LogP contribution < -0.4 is 22.3 Å². The number of ether oxygens (including phenoxy) is 1. The van der Waals surface area contributed by atoms with Crippen molar-refractivity contribution in [2.24, 2.45) is 0 Å². The summed E-state index contributed by atoms with van der Waals surface area (Å²) >= 11 is 6.06. The number of aryl methyl sites for hydroxylation is 1. The van der Waals surface area contributed by atoms with Gasteiger partial charge in [-0.3, -0.25) is 18.7 Å². The van der Waals surface area contributed by atoms with Gasteiger partial charge in [-0.2, -0.15) is 0 Å². The normalized spacial score (nSPS) is 10.7. The zero-order valence-electron chi connectivity index (χ0n) is 13.9. The highest BCUT2D eigenvalue weighted by Gasteiger charge is 2.13. The van der Waals surface area contributed by atoms with E-state index in [-0.39, 0.29) is 19.0 Å². The first kappa shape index (κ1) is 18.8. The van der Waals surface area contributed by atoms with Crippen molar-refractivity contribution in [2.45, 2.75) is 20.0 Å². The second-order valence-corrected chi connectivity index (χ2v) is 5.86. The summed E-state index contributed by atoms with van der Waals surface area (Å²) in [6.07, 6.45) is 0. The topological polar surface area (TPSA) is 108 Å². The summed E-state index contributed by atoms with van der Waals surface area (Å²) in [7, 11) is 1.48. The Hall–Kier alpha value is -2.58. The molecule has 0 unspecified atom stereocenters. The quantitative estimate of drug-likeness (QED) is 0.787. The Morgan fingerprint density at radius 3 is 2.64 bits per heavy atom. The minimum atomic E-state index is -0.674. The van der Waals surface area contributed by atoms with Gasteiger partial charge >= 0.3 is 5.69 Å². The number of amides is 1. The number of carbonyl (C=O) groups excluding carboxylic acids is 1. The molecule has 0 saturated heterocycles. The van der Waals surface area contributed by atoms with E-state index >= 15 is 0 Å². The van der Waals surface area contributed by atoms with Crippen molar-refractivity contribution in [3.05, 3.63) is 55.7 Å². The lowest BCUT2D eigenvalue weighted by atomic mass is 10.2.